The van der Waals surface area contributed by atoms with Gasteiger partial charge < -0.3 is 15.0 Å². The van der Waals surface area contributed by atoms with E-state index in [1.165, 1.54) is 6.08 Å². The van der Waals surface area contributed by atoms with Crippen molar-refractivity contribution < 1.29 is 23.9 Å². The Labute approximate surface area is 219 Å². The molecule has 35 heavy (non-hydrogen) atoms. The van der Waals surface area contributed by atoms with E-state index in [4.69, 9.17) is 16.3 Å². The number of thioether (sulfide) groups is 1. The van der Waals surface area contributed by atoms with E-state index < -0.39 is 17.1 Å². The van der Waals surface area contributed by atoms with Crippen LogP contribution in [0.4, 0.5) is 10.5 Å². The molecule has 182 valence electrons. The fourth-order valence-electron chi connectivity index (χ4n) is 3.64. The van der Waals surface area contributed by atoms with Crippen LogP contribution in [0.3, 0.4) is 0 Å². The number of anilines is 1. The van der Waals surface area contributed by atoms with Crippen molar-refractivity contribution in [3.63, 3.8) is 0 Å². The van der Waals surface area contributed by atoms with E-state index in [1.807, 2.05) is 0 Å². The van der Waals surface area contributed by atoms with Gasteiger partial charge in [-0.1, -0.05) is 39.7 Å². The summed E-state index contributed by atoms with van der Waals surface area (Å²) in [6.45, 7) is 0.729. The number of amides is 4. The van der Waals surface area contributed by atoms with Crippen LogP contribution in [0.15, 0.2) is 51.8 Å². The molecule has 0 aliphatic carbocycles. The Morgan fingerprint density at radius 1 is 1.14 bits per heavy atom. The van der Waals surface area contributed by atoms with Crippen molar-refractivity contribution in [2.45, 2.75) is 12.8 Å². The average Bonchev–Trinajstić information content (AvgIpc) is 3.45. The first-order valence-corrected chi connectivity index (χ1v) is 12.8. The molecule has 2 aliphatic heterocycles. The van der Waals surface area contributed by atoms with Gasteiger partial charge in [-0.25, -0.2) is 0 Å². The molecular formula is C24H21BrClN3O5S. The number of nitrogens with one attached hydrogen (secondary N) is 1. The molecule has 0 spiro atoms. The van der Waals surface area contributed by atoms with Crippen LogP contribution < -0.4 is 10.1 Å². The van der Waals surface area contributed by atoms with Gasteiger partial charge in [-0.2, -0.15) is 0 Å². The number of benzene rings is 2. The summed E-state index contributed by atoms with van der Waals surface area (Å²) in [7, 11) is 0. The van der Waals surface area contributed by atoms with Crippen molar-refractivity contribution in [3.05, 3.63) is 62.4 Å². The summed E-state index contributed by atoms with van der Waals surface area (Å²) in [4.78, 5) is 52.9. The molecule has 2 aromatic rings. The molecule has 4 amide bonds. The maximum Gasteiger partial charge on any atom is 0.294 e. The predicted octanol–water partition coefficient (Wildman–Crippen LogP) is 4.78. The summed E-state index contributed by atoms with van der Waals surface area (Å²) in [5, 5.41) is 2.59. The van der Waals surface area contributed by atoms with E-state index in [0.29, 0.717) is 35.1 Å². The van der Waals surface area contributed by atoms with E-state index >= 15 is 0 Å². The van der Waals surface area contributed by atoms with Crippen LogP contribution in [0.5, 0.6) is 5.75 Å². The Morgan fingerprint density at radius 2 is 1.89 bits per heavy atom. The zero-order chi connectivity index (χ0) is 24.9. The quantitative estimate of drug-likeness (QED) is 0.475. The lowest BCUT2D eigenvalue weighted by molar-refractivity contribution is -0.135. The minimum Gasteiger partial charge on any atom is -0.483 e. The fourth-order valence-corrected chi connectivity index (χ4v) is 5.03. The van der Waals surface area contributed by atoms with E-state index in [9.17, 15) is 19.2 Å². The minimum absolute atomic E-state index is 0.174. The van der Waals surface area contributed by atoms with E-state index in [-0.39, 0.29) is 24.0 Å². The summed E-state index contributed by atoms with van der Waals surface area (Å²) < 4.78 is 6.42. The van der Waals surface area contributed by atoms with E-state index in [1.54, 1.807) is 47.4 Å². The highest BCUT2D eigenvalue weighted by Crippen LogP contribution is 2.35. The van der Waals surface area contributed by atoms with Gasteiger partial charge in [0.15, 0.2) is 6.61 Å². The maximum absolute atomic E-state index is 12.9. The molecule has 2 heterocycles. The third-order valence-corrected chi connectivity index (χ3v) is 7.12. The highest BCUT2D eigenvalue weighted by Gasteiger charge is 2.37. The first-order chi connectivity index (χ1) is 16.8. The Balaban J connectivity index is 1.45. The smallest absolute Gasteiger partial charge is 0.294 e. The van der Waals surface area contributed by atoms with Gasteiger partial charge in [-0.3, -0.25) is 24.1 Å². The Hall–Kier alpha value is -2.82. The second-order valence-electron chi connectivity index (χ2n) is 7.85. The van der Waals surface area contributed by atoms with Gasteiger partial charge in [0.25, 0.3) is 17.1 Å². The largest absolute Gasteiger partial charge is 0.483 e. The molecule has 0 atom stereocenters. The third-order valence-electron chi connectivity index (χ3n) is 5.39. The Kier molecular flexibility index (Phi) is 8.15. The molecule has 0 bridgehead atoms. The summed E-state index contributed by atoms with van der Waals surface area (Å²) in [6, 6.07) is 11.9. The summed E-state index contributed by atoms with van der Waals surface area (Å²) in [6.07, 6.45) is 3.38. The molecular weight excluding hydrogens is 558 g/mol. The molecule has 2 fully saturated rings. The molecule has 2 aliphatic rings. The van der Waals surface area contributed by atoms with Crippen LogP contribution in [0.2, 0.25) is 5.02 Å². The second-order valence-corrected chi connectivity index (χ2v) is 10.2. The molecule has 11 heteroatoms. The monoisotopic (exact) mass is 577 g/mol. The number of hydrogen-bond donors (Lipinski definition) is 1. The molecule has 2 aromatic carbocycles. The van der Waals surface area contributed by atoms with Gasteiger partial charge in [0.1, 0.15) is 12.3 Å². The van der Waals surface area contributed by atoms with Crippen LogP contribution in [0, 0.1) is 0 Å². The van der Waals surface area contributed by atoms with E-state index in [0.717, 1.165) is 34.0 Å². The van der Waals surface area contributed by atoms with Crippen LogP contribution in [-0.2, 0) is 14.4 Å². The van der Waals surface area contributed by atoms with Crippen LogP contribution >= 0.6 is 39.3 Å². The molecule has 0 saturated carbocycles. The zero-order valence-corrected chi connectivity index (χ0v) is 21.6. The van der Waals surface area contributed by atoms with Gasteiger partial charge in [0.2, 0.25) is 5.91 Å². The lowest BCUT2D eigenvalue weighted by Crippen LogP contribution is -2.40. The Bertz CT molecular complexity index is 1220. The molecule has 0 unspecified atom stereocenters. The number of carbonyl (C=O) groups is 4. The zero-order valence-electron chi connectivity index (χ0n) is 18.5. The summed E-state index contributed by atoms with van der Waals surface area (Å²) in [5.74, 6) is -0.827. The molecule has 1 N–H and O–H groups in total. The highest BCUT2D eigenvalue weighted by atomic mass is 79.9. The molecule has 2 saturated heterocycles. The number of halogens is 2. The lowest BCUT2D eigenvalue weighted by atomic mass is 10.2. The summed E-state index contributed by atoms with van der Waals surface area (Å²) >= 11 is 10.2. The topological polar surface area (TPSA) is 96.0 Å². The third kappa shape index (κ3) is 6.25. The van der Waals surface area contributed by atoms with Gasteiger partial charge in [0.05, 0.1) is 15.6 Å². The number of imide groups is 1. The van der Waals surface area contributed by atoms with Crippen molar-refractivity contribution >= 4 is 74.0 Å². The maximum atomic E-state index is 12.9. The highest BCUT2D eigenvalue weighted by molar-refractivity contribution is 9.10. The number of carbonyl (C=O) groups excluding carboxylic acids is 4. The number of para-hydroxylation sites is 1. The van der Waals surface area contributed by atoms with Gasteiger partial charge in [0, 0.05) is 23.1 Å². The first kappa shape index (κ1) is 25.3. The van der Waals surface area contributed by atoms with Crippen LogP contribution in [-0.4, -0.2) is 59.0 Å². The molecule has 0 radical (unpaired) electrons. The van der Waals surface area contributed by atoms with Crippen molar-refractivity contribution in [3.8, 4) is 5.75 Å². The standard InChI is InChI=1S/C24H21BrClN3O5S/c25-16-7-8-19(34-14-21(30)27-18-6-2-1-5-17(18)26)15(11-16)12-20-23(32)29(24(33)35-20)13-22(31)28-9-3-4-10-28/h1-2,5-8,11-12H,3-4,9-10,13-14H2,(H,27,30)/b20-12-. The van der Waals surface area contributed by atoms with Gasteiger partial charge in [-0.05, 0) is 61.0 Å². The van der Waals surface area contributed by atoms with Crippen LogP contribution in [0.25, 0.3) is 6.08 Å². The number of nitrogens with zero attached hydrogens (tertiary/aromatic N) is 2. The second kappa shape index (κ2) is 11.3. The first-order valence-electron chi connectivity index (χ1n) is 10.8. The van der Waals surface area contributed by atoms with Crippen molar-refractivity contribution in [1.29, 1.82) is 0 Å². The lowest BCUT2D eigenvalue weighted by Gasteiger charge is -2.18. The normalized spacial score (nSPS) is 16.8. The van der Waals surface area contributed by atoms with Gasteiger partial charge >= 0.3 is 0 Å². The predicted molar refractivity (Wildman–Crippen MR) is 138 cm³/mol. The van der Waals surface area contributed by atoms with Crippen molar-refractivity contribution in [2.75, 3.05) is 31.6 Å². The number of likely N-dealkylation sites (tertiary alicyclic amines) is 1. The van der Waals surface area contributed by atoms with Gasteiger partial charge in [-0.15, -0.1) is 0 Å². The van der Waals surface area contributed by atoms with Crippen molar-refractivity contribution in [1.82, 2.24) is 9.80 Å². The SMILES string of the molecule is O=C(COc1ccc(Br)cc1/C=C1\SC(=O)N(CC(=O)N2CCCC2)C1=O)Nc1ccccc1Cl. The number of ether oxygens (including phenoxy) is 1. The molecule has 0 aromatic heterocycles. The average molecular weight is 579 g/mol. The number of hydrogen-bond acceptors (Lipinski definition) is 6. The summed E-state index contributed by atoms with van der Waals surface area (Å²) in [5.41, 5.74) is 0.970. The van der Waals surface area contributed by atoms with Crippen LogP contribution in [0.1, 0.15) is 18.4 Å². The molecule has 4 rings (SSSR count). The minimum atomic E-state index is -0.532. The van der Waals surface area contributed by atoms with E-state index in [2.05, 4.69) is 21.2 Å². The molecule has 8 nitrogen and oxygen atoms in total. The number of rotatable bonds is 7. The Morgan fingerprint density at radius 3 is 2.63 bits per heavy atom. The van der Waals surface area contributed by atoms with Crippen molar-refractivity contribution in [2.24, 2.45) is 0 Å². The fraction of sp³-hybridized carbons (Fsp3) is 0.250.